The van der Waals surface area contributed by atoms with Crippen LogP contribution in [0.4, 0.5) is 0 Å². The van der Waals surface area contributed by atoms with Crippen molar-refractivity contribution in [1.82, 2.24) is 5.32 Å². The van der Waals surface area contributed by atoms with E-state index < -0.39 is 0 Å². The Morgan fingerprint density at radius 3 is 3.00 bits per heavy atom. The van der Waals surface area contributed by atoms with Crippen molar-refractivity contribution in [3.8, 4) is 0 Å². The van der Waals surface area contributed by atoms with E-state index in [1.807, 2.05) is 0 Å². The molecule has 0 radical (unpaired) electrons. The van der Waals surface area contributed by atoms with Crippen molar-refractivity contribution in [3.63, 3.8) is 0 Å². The Balaban J connectivity index is 2.19. The smallest absolute Gasteiger partial charge is 0.0142 e. The van der Waals surface area contributed by atoms with E-state index in [9.17, 15) is 0 Å². The number of hydrogen-bond donors (Lipinski definition) is 1. The third-order valence-corrected chi connectivity index (χ3v) is 5.33. The van der Waals surface area contributed by atoms with Crippen molar-refractivity contribution in [2.24, 2.45) is 5.92 Å². The van der Waals surface area contributed by atoms with Crippen LogP contribution in [-0.2, 0) is 11.8 Å². The molecule has 0 saturated carbocycles. The summed E-state index contributed by atoms with van der Waals surface area (Å²) in [6.07, 6.45) is 3.80. The molecule has 1 nitrogen and oxygen atoms in total. The molecule has 1 fully saturated rings. The van der Waals surface area contributed by atoms with Gasteiger partial charge in [0.1, 0.15) is 0 Å². The largest absolute Gasteiger partial charge is 0.313 e. The van der Waals surface area contributed by atoms with Gasteiger partial charge in [-0.1, -0.05) is 37.6 Å². The lowest BCUT2D eigenvalue weighted by Gasteiger charge is -2.52. The van der Waals surface area contributed by atoms with Gasteiger partial charge in [0.2, 0.25) is 0 Å². The average molecular weight is 229 g/mol. The SMILES string of the molecule is CC[C@@]12CCNC(Cc3ccc(C)cc31)[C@@H]2C. The second kappa shape index (κ2) is 3.84. The molecule has 0 spiro atoms. The van der Waals surface area contributed by atoms with Gasteiger partial charge in [-0.15, -0.1) is 0 Å². The Morgan fingerprint density at radius 2 is 2.24 bits per heavy atom. The minimum absolute atomic E-state index is 0.440. The Hall–Kier alpha value is -0.820. The van der Waals surface area contributed by atoms with Gasteiger partial charge in [0.15, 0.2) is 0 Å². The predicted molar refractivity (Wildman–Crippen MR) is 72.4 cm³/mol. The number of benzene rings is 1. The highest BCUT2D eigenvalue weighted by Gasteiger charge is 2.47. The number of hydrogen-bond acceptors (Lipinski definition) is 1. The van der Waals surface area contributed by atoms with Gasteiger partial charge in [0.05, 0.1) is 0 Å². The van der Waals surface area contributed by atoms with E-state index in [0.29, 0.717) is 11.5 Å². The topological polar surface area (TPSA) is 12.0 Å². The first-order chi connectivity index (χ1) is 8.17. The van der Waals surface area contributed by atoms with Crippen LogP contribution in [0.3, 0.4) is 0 Å². The number of nitrogens with one attached hydrogen (secondary N) is 1. The van der Waals surface area contributed by atoms with Crippen molar-refractivity contribution in [3.05, 3.63) is 34.9 Å². The summed E-state index contributed by atoms with van der Waals surface area (Å²) in [4.78, 5) is 0. The zero-order valence-electron chi connectivity index (χ0n) is 11.2. The van der Waals surface area contributed by atoms with E-state index in [1.54, 1.807) is 11.1 Å². The van der Waals surface area contributed by atoms with Crippen molar-refractivity contribution < 1.29 is 0 Å². The summed E-state index contributed by atoms with van der Waals surface area (Å²) in [6, 6.07) is 7.78. The summed E-state index contributed by atoms with van der Waals surface area (Å²) >= 11 is 0. The van der Waals surface area contributed by atoms with Gasteiger partial charge in [-0.05, 0) is 49.8 Å². The molecule has 1 aromatic carbocycles. The highest BCUT2D eigenvalue weighted by Crippen LogP contribution is 2.48. The van der Waals surface area contributed by atoms with Crippen LogP contribution < -0.4 is 5.32 Å². The van der Waals surface area contributed by atoms with E-state index in [2.05, 4.69) is 44.3 Å². The summed E-state index contributed by atoms with van der Waals surface area (Å²) in [7, 11) is 0. The summed E-state index contributed by atoms with van der Waals surface area (Å²) in [5.74, 6) is 0.774. The molecule has 1 heterocycles. The van der Waals surface area contributed by atoms with Gasteiger partial charge >= 0.3 is 0 Å². The summed E-state index contributed by atoms with van der Waals surface area (Å²) < 4.78 is 0. The Labute approximate surface area is 105 Å². The number of aryl methyl sites for hydroxylation is 1. The quantitative estimate of drug-likeness (QED) is 0.780. The molecule has 1 N–H and O–H groups in total. The minimum Gasteiger partial charge on any atom is -0.313 e. The predicted octanol–water partition coefficient (Wildman–Crippen LogP) is 3.20. The van der Waals surface area contributed by atoms with E-state index in [-0.39, 0.29) is 0 Å². The minimum atomic E-state index is 0.440. The Kier molecular flexibility index (Phi) is 2.55. The maximum atomic E-state index is 3.71. The highest BCUT2D eigenvalue weighted by molar-refractivity contribution is 5.42. The zero-order valence-corrected chi connectivity index (χ0v) is 11.2. The number of fused-ring (bicyclic) bond motifs is 4. The molecular weight excluding hydrogens is 206 g/mol. The third kappa shape index (κ3) is 1.48. The molecule has 0 aromatic heterocycles. The molecule has 2 aliphatic rings. The van der Waals surface area contributed by atoms with Gasteiger partial charge in [0.25, 0.3) is 0 Å². The maximum absolute atomic E-state index is 3.71. The second-order valence-electron chi connectivity index (χ2n) is 5.97. The fraction of sp³-hybridized carbons (Fsp3) is 0.625. The monoisotopic (exact) mass is 229 g/mol. The molecule has 1 unspecified atom stereocenters. The van der Waals surface area contributed by atoms with Crippen LogP contribution in [0.15, 0.2) is 18.2 Å². The number of rotatable bonds is 1. The van der Waals surface area contributed by atoms with Crippen LogP contribution in [0, 0.1) is 12.8 Å². The molecule has 92 valence electrons. The summed E-state index contributed by atoms with van der Waals surface area (Å²) in [5, 5.41) is 3.71. The van der Waals surface area contributed by atoms with E-state index >= 15 is 0 Å². The molecule has 3 atom stereocenters. The number of piperidine rings is 1. The lowest BCUT2D eigenvalue weighted by atomic mass is 9.57. The molecule has 2 bridgehead atoms. The molecule has 1 saturated heterocycles. The molecule has 17 heavy (non-hydrogen) atoms. The van der Waals surface area contributed by atoms with Gasteiger partial charge in [0, 0.05) is 11.5 Å². The van der Waals surface area contributed by atoms with Gasteiger partial charge in [-0.25, -0.2) is 0 Å². The Bertz CT molecular complexity index is 437. The van der Waals surface area contributed by atoms with Crippen LogP contribution in [0.25, 0.3) is 0 Å². The van der Waals surface area contributed by atoms with E-state index in [4.69, 9.17) is 0 Å². The van der Waals surface area contributed by atoms with Crippen molar-refractivity contribution in [1.29, 1.82) is 0 Å². The molecule has 1 aliphatic heterocycles. The van der Waals surface area contributed by atoms with Crippen molar-refractivity contribution in [2.45, 2.75) is 51.5 Å². The molecule has 1 heteroatoms. The molecule has 1 aliphatic carbocycles. The highest BCUT2D eigenvalue weighted by atomic mass is 14.9. The summed E-state index contributed by atoms with van der Waals surface area (Å²) in [5.41, 5.74) is 5.11. The van der Waals surface area contributed by atoms with Crippen LogP contribution in [0.5, 0.6) is 0 Å². The molecule has 1 aromatic rings. The van der Waals surface area contributed by atoms with Crippen molar-refractivity contribution >= 4 is 0 Å². The zero-order chi connectivity index (χ0) is 12.0. The molecular formula is C16H23N. The normalized spacial score (nSPS) is 35.5. The standard InChI is InChI=1S/C16H23N/c1-4-16-7-8-17-15(12(16)3)10-13-6-5-11(2)9-14(13)16/h5-6,9,12,15,17H,4,7-8,10H2,1-3H3/t12-,15?,16-/m0/s1. The van der Waals surface area contributed by atoms with Crippen LogP contribution in [0.2, 0.25) is 0 Å². The van der Waals surface area contributed by atoms with E-state index in [0.717, 1.165) is 5.92 Å². The first kappa shape index (κ1) is 11.3. The fourth-order valence-electron chi connectivity index (χ4n) is 4.16. The molecule has 0 amide bonds. The van der Waals surface area contributed by atoms with Crippen LogP contribution in [-0.4, -0.2) is 12.6 Å². The second-order valence-corrected chi connectivity index (χ2v) is 5.97. The van der Waals surface area contributed by atoms with Crippen LogP contribution in [0.1, 0.15) is 43.4 Å². The van der Waals surface area contributed by atoms with Crippen molar-refractivity contribution in [2.75, 3.05) is 6.54 Å². The molecule has 3 rings (SSSR count). The lowest BCUT2D eigenvalue weighted by molar-refractivity contribution is 0.136. The van der Waals surface area contributed by atoms with Gasteiger partial charge < -0.3 is 5.32 Å². The third-order valence-electron chi connectivity index (χ3n) is 5.33. The first-order valence-corrected chi connectivity index (χ1v) is 7.01. The van der Waals surface area contributed by atoms with E-state index in [1.165, 1.54) is 31.4 Å². The fourth-order valence-corrected chi connectivity index (χ4v) is 4.16. The maximum Gasteiger partial charge on any atom is 0.0142 e. The summed E-state index contributed by atoms with van der Waals surface area (Å²) in [6.45, 7) is 8.24. The lowest BCUT2D eigenvalue weighted by Crippen LogP contribution is -2.57. The average Bonchev–Trinajstić information content (AvgIpc) is 2.32. The van der Waals surface area contributed by atoms with Crippen LogP contribution >= 0.6 is 0 Å². The van der Waals surface area contributed by atoms with Gasteiger partial charge in [-0.2, -0.15) is 0 Å². The Morgan fingerprint density at radius 1 is 1.41 bits per heavy atom. The first-order valence-electron chi connectivity index (χ1n) is 7.01. The van der Waals surface area contributed by atoms with Gasteiger partial charge in [-0.3, -0.25) is 0 Å².